The highest BCUT2D eigenvalue weighted by molar-refractivity contribution is 5.86. The zero-order valence-corrected chi connectivity index (χ0v) is 8.10. The second-order valence-corrected chi connectivity index (χ2v) is 3.70. The van der Waals surface area contributed by atoms with Gasteiger partial charge in [-0.05, 0) is 32.7 Å². The molecule has 1 aliphatic heterocycles. The summed E-state index contributed by atoms with van der Waals surface area (Å²) >= 11 is 0. The third kappa shape index (κ3) is 2.67. The average Bonchev–Trinajstić information content (AvgIpc) is 2.54. The minimum atomic E-state index is -0.380. The molecule has 0 spiro atoms. The van der Waals surface area contributed by atoms with Gasteiger partial charge in [0, 0.05) is 13.2 Å². The Morgan fingerprint density at radius 3 is 3.00 bits per heavy atom. The first-order chi connectivity index (χ1) is 6.19. The molecule has 13 heavy (non-hydrogen) atoms. The molecule has 1 fully saturated rings. The largest absolute Gasteiger partial charge is 0.396 e. The van der Waals surface area contributed by atoms with E-state index in [1.54, 1.807) is 0 Å². The quantitative estimate of drug-likeness (QED) is 0.525. The molecule has 4 nitrogen and oxygen atoms in total. The van der Waals surface area contributed by atoms with Gasteiger partial charge in [-0.25, -0.2) is 0 Å². The van der Waals surface area contributed by atoms with Gasteiger partial charge < -0.3 is 15.7 Å². The maximum atomic E-state index is 11.6. The van der Waals surface area contributed by atoms with E-state index in [0.29, 0.717) is 13.0 Å². The van der Waals surface area contributed by atoms with Crippen molar-refractivity contribution in [2.75, 3.05) is 19.7 Å². The monoisotopic (exact) mass is 186 g/mol. The molecule has 0 saturated carbocycles. The number of rotatable bonds is 4. The second-order valence-electron chi connectivity index (χ2n) is 3.70. The lowest BCUT2D eigenvalue weighted by Crippen LogP contribution is -2.51. The zero-order chi connectivity index (χ0) is 9.73. The Morgan fingerprint density at radius 1 is 1.69 bits per heavy atom. The summed E-state index contributed by atoms with van der Waals surface area (Å²) < 4.78 is 0. The van der Waals surface area contributed by atoms with Gasteiger partial charge in [0.1, 0.15) is 0 Å². The number of aliphatic hydroxyl groups is 1. The molecule has 0 aromatic rings. The summed E-state index contributed by atoms with van der Waals surface area (Å²) in [7, 11) is 0. The predicted octanol–water partition coefficient (Wildman–Crippen LogP) is -0.373. The van der Waals surface area contributed by atoms with E-state index >= 15 is 0 Å². The van der Waals surface area contributed by atoms with Gasteiger partial charge in [-0.2, -0.15) is 0 Å². The van der Waals surface area contributed by atoms with Crippen molar-refractivity contribution in [1.29, 1.82) is 0 Å². The molecule has 0 aromatic carbocycles. The van der Waals surface area contributed by atoms with Crippen LogP contribution in [0.25, 0.3) is 0 Å². The fraction of sp³-hybridized carbons (Fsp3) is 0.889. The Morgan fingerprint density at radius 2 is 2.46 bits per heavy atom. The highest BCUT2D eigenvalue weighted by Gasteiger charge is 2.35. The Kier molecular flexibility index (Phi) is 3.69. The molecule has 1 atom stereocenters. The summed E-state index contributed by atoms with van der Waals surface area (Å²) in [6.45, 7) is 3.54. The highest BCUT2D eigenvalue weighted by Crippen LogP contribution is 2.18. The highest BCUT2D eigenvalue weighted by atomic mass is 16.3. The van der Waals surface area contributed by atoms with Crippen LogP contribution in [0.4, 0.5) is 0 Å². The summed E-state index contributed by atoms with van der Waals surface area (Å²) in [6, 6.07) is 0. The molecular weight excluding hydrogens is 168 g/mol. The van der Waals surface area contributed by atoms with Gasteiger partial charge in [0.2, 0.25) is 5.91 Å². The van der Waals surface area contributed by atoms with Crippen molar-refractivity contribution in [2.45, 2.75) is 31.7 Å². The molecule has 0 radical (unpaired) electrons. The van der Waals surface area contributed by atoms with Gasteiger partial charge in [0.15, 0.2) is 0 Å². The van der Waals surface area contributed by atoms with Crippen LogP contribution < -0.4 is 10.6 Å². The van der Waals surface area contributed by atoms with E-state index in [2.05, 4.69) is 10.6 Å². The molecule has 0 aromatic heterocycles. The van der Waals surface area contributed by atoms with Crippen LogP contribution in [-0.2, 0) is 4.79 Å². The number of carbonyl (C=O) groups excluding carboxylic acids is 1. The fourth-order valence-electron chi connectivity index (χ4n) is 1.56. The standard InChI is InChI=1S/C9H18N2O2/c1-9(4-2-6-11-9)8(13)10-5-3-7-12/h11-12H,2-7H2,1H3,(H,10,13). The van der Waals surface area contributed by atoms with Crippen LogP contribution in [0.5, 0.6) is 0 Å². The van der Waals surface area contributed by atoms with Crippen molar-refractivity contribution in [1.82, 2.24) is 10.6 Å². The van der Waals surface area contributed by atoms with Gasteiger partial charge in [0.25, 0.3) is 0 Å². The zero-order valence-electron chi connectivity index (χ0n) is 8.10. The first-order valence-corrected chi connectivity index (χ1v) is 4.83. The van der Waals surface area contributed by atoms with Crippen molar-refractivity contribution >= 4 is 5.91 Å². The van der Waals surface area contributed by atoms with E-state index in [4.69, 9.17) is 5.11 Å². The van der Waals surface area contributed by atoms with Crippen LogP contribution in [0, 0.1) is 0 Å². The minimum absolute atomic E-state index is 0.0541. The van der Waals surface area contributed by atoms with Crippen LogP contribution in [0.1, 0.15) is 26.2 Å². The SMILES string of the molecule is CC1(C(=O)NCCCO)CCCN1. The van der Waals surface area contributed by atoms with Crippen LogP contribution in [0.3, 0.4) is 0 Å². The smallest absolute Gasteiger partial charge is 0.240 e. The van der Waals surface area contributed by atoms with Gasteiger partial charge in [-0.1, -0.05) is 0 Å². The number of aliphatic hydroxyl groups excluding tert-OH is 1. The van der Waals surface area contributed by atoms with Crippen molar-refractivity contribution in [3.8, 4) is 0 Å². The van der Waals surface area contributed by atoms with E-state index in [1.165, 1.54) is 0 Å². The van der Waals surface area contributed by atoms with Crippen LogP contribution in [0.15, 0.2) is 0 Å². The van der Waals surface area contributed by atoms with Gasteiger partial charge in [0.05, 0.1) is 5.54 Å². The van der Waals surface area contributed by atoms with Gasteiger partial charge in [-0.3, -0.25) is 4.79 Å². The molecule has 1 saturated heterocycles. The summed E-state index contributed by atoms with van der Waals surface area (Å²) in [4.78, 5) is 11.6. The molecule has 0 bridgehead atoms. The summed E-state index contributed by atoms with van der Waals surface area (Å²) in [5.41, 5.74) is -0.380. The number of nitrogens with one attached hydrogen (secondary N) is 2. The molecule has 76 valence electrons. The Hall–Kier alpha value is -0.610. The normalized spacial score (nSPS) is 27.5. The van der Waals surface area contributed by atoms with E-state index in [1.807, 2.05) is 6.92 Å². The topological polar surface area (TPSA) is 61.4 Å². The molecule has 1 aliphatic rings. The lowest BCUT2D eigenvalue weighted by Gasteiger charge is -2.22. The summed E-state index contributed by atoms with van der Waals surface area (Å²) in [5.74, 6) is 0.0541. The summed E-state index contributed by atoms with van der Waals surface area (Å²) in [6.07, 6.45) is 2.59. The Bertz CT molecular complexity index is 176. The minimum Gasteiger partial charge on any atom is -0.396 e. The maximum Gasteiger partial charge on any atom is 0.240 e. The van der Waals surface area contributed by atoms with Crippen LogP contribution in [-0.4, -0.2) is 36.2 Å². The van der Waals surface area contributed by atoms with Gasteiger partial charge >= 0.3 is 0 Å². The molecule has 1 unspecified atom stereocenters. The molecule has 3 N–H and O–H groups in total. The molecule has 0 aliphatic carbocycles. The summed E-state index contributed by atoms with van der Waals surface area (Å²) in [5, 5.41) is 14.5. The van der Waals surface area contributed by atoms with Gasteiger partial charge in [-0.15, -0.1) is 0 Å². The first-order valence-electron chi connectivity index (χ1n) is 4.83. The first kappa shape index (κ1) is 10.5. The number of hydrogen-bond acceptors (Lipinski definition) is 3. The molecule has 4 heteroatoms. The second kappa shape index (κ2) is 4.58. The van der Waals surface area contributed by atoms with Crippen molar-refractivity contribution < 1.29 is 9.90 Å². The van der Waals surface area contributed by atoms with Crippen LogP contribution >= 0.6 is 0 Å². The fourth-order valence-corrected chi connectivity index (χ4v) is 1.56. The van der Waals surface area contributed by atoms with Crippen LogP contribution in [0.2, 0.25) is 0 Å². The Labute approximate surface area is 78.7 Å². The van der Waals surface area contributed by atoms with E-state index in [9.17, 15) is 4.79 Å². The molecule has 1 amide bonds. The maximum absolute atomic E-state index is 11.6. The third-order valence-electron chi connectivity index (χ3n) is 2.49. The van der Waals surface area contributed by atoms with E-state index < -0.39 is 0 Å². The lowest BCUT2D eigenvalue weighted by atomic mass is 9.99. The van der Waals surface area contributed by atoms with Crippen molar-refractivity contribution in [3.63, 3.8) is 0 Å². The molecule has 1 rings (SSSR count). The third-order valence-corrected chi connectivity index (χ3v) is 2.49. The Balaban J connectivity index is 2.29. The number of amides is 1. The van der Waals surface area contributed by atoms with E-state index in [0.717, 1.165) is 19.4 Å². The van der Waals surface area contributed by atoms with Crippen molar-refractivity contribution in [3.05, 3.63) is 0 Å². The predicted molar refractivity (Wildman–Crippen MR) is 50.4 cm³/mol. The number of hydrogen-bond donors (Lipinski definition) is 3. The molecular formula is C9H18N2O2. The average molecular weight is 186 g/mol. The van der Waals surface area contributed by atoms with Crippen molar-refractivity contribution in [2.24, 2.45) is 0 Å². The lowest BCUT2D eigenvalue weighted by molar-refractivity contribution is -0.126. The van der Waals surface area contributed by atoms with E-state index in [-0.39, 0.29) is 18.1 Å². The number of carbonyl (C=O) groups is 1. The molecule has 1 heterocycles.